The van der Waals surface area contributed by atoms with Crippen molar-refractivity contribution < 1.29 is 9.47 Å². The topological polar surface area (TPSA) is 72.4 Å². The molecule has 2 saturated heterocycles. The van der Waals surface area contributed by atoms with Crippen LogP contribution in [0.1, 0.15) is 12.8 Å². The van der Waals surface area contributed by atoms with Gasteiger partial charge in [0.2, 0.25) is 17.2 Å². The average Bonchev–Trinajstić information content (AvgIpc) is 2.99. The molecule has 0 aliphatic carbocycles. The Hall–Kier alpha value is -1.18. The zero-order valence-corrected chi connectivity index (χ0v) is 12.0. The maximum Gasteiger partial charge on any atom is 0.231 e. The summed E-state index contributed by atoms with van der Waals surface area (Å²) < 4.78 is 10.9. The quantitative estimate of drug-likeness (QED) is 0.887. The normalized spacial score (nSPS) is 23.1. The second kappa shape index (κ2) is 6.51. The molecule has 20 heavy (non-hydrogen) atoms. The first-order valence-corrected chi connectivity index (χ1v) is 7.29. The Bertz CT molecular complexity index is 449. The Morgan fingerprint density at radius 2 is 2.05 bits per heavy atom. The van der Waals surface area contributed by atoms with E-state index in [4.69, 9.17) is 21.1 Å². The van der Waals surface area contributed by atoms with E-state index in [1.807, 2.05) is 4.90 Å². The maximum atomic E-state index is 5.97. The van der Waals surface area contributed by atoms with E-state index in [1.165, 1.54) is 0 Å². The van der Waals surface area contributed by atoms with Crippen LogP contribution in [0.5, 0.6) is 0 Å². The van der Waals surface area contributed by atoms with Crippen LogP contribution in [0.15, 0.2) is 0 Å². The molecule has 2 aliphatic rings. The fraction of sp³-hybridized carbons (Fsp3) is 0.750. The van der Waals surface area contributed by atoms with E-state index in [-0.39, 0.29) is 11.4 Å². The van der Waals surface area contributed by atoms with Crippen molar-refractivity contribution in [2.24, 2.45) is 0 Å². The van der Waals surface area contributed by atoms with Gasteiger partial charge in [-0.25, -0.2) is 0 Å². The molecule has 7 nitrogen and oxygen atoms in total. The number of rotatable bonds is 4. The Morgan fingerprint density at radius 3 is 2.80 bits per heavy atom. The lowest BCUT2D eigenvalue weighted by Crippen LogP contribution is -2.37. The van der Waals surface area contributed by atoms with Crippen LogP contribution < -0.4 is 10.2 Å². The van der Waals surface area contributed by atoms with Crippen molar-refractivity contribution >= 4 is 23.5 Å². The highest BCUT2D eigenvalue weighted by molar-refractivity contribution is 6.28. The van der Waals surface area contributed by atoms with Gasteiger partial charge >= 0.3 is 0 Å². The first-order valence-electron chi connectivity index (χ1n) is 6.91. The van der Waals surface area contributed by atoms with Crippen molar-refractivity contribution in [1.82, 2.24) is 15.0 Å². The fourth-order valence-electron chi connectivity index (χ4n) is 2.33. The van der Waals surface area contributed by atoms with Gasteiger partial charge in [-0.1, -0.05) is 0 Å². The van der Waals surface area contributed by atoms with E-state index < -0.39 is 0 Å². The van der Waals surface area contributed by atoms with E-state index in [0.29, 0.717) is 31.7 Å². The minimum Gasteiger partial charge on any atom is -0.378 e. The number of nitrogens with one attached hydrogen (secondary N) is 1. The first-order chi connectivity index (χ1) is 9.81. The molecule has 0 aromatic carbocycles. The lowest BCUT2D eigenvalue weighted by atomic mass is 10.2. The second-order valence-corrected chi connectivity index (χ2v) is 5.18. The summed E-state index contributed by atoms with van der Waals surface area (Å²) in [6.45, 7) is 4.44. The van der Waals surface area contributed by atoms with Gasteiger partial charge in [-0.05, 0) is 24.4 Å². The molecule has 0 saturated carbocycles. The lowest BCUT2D eigenvalue weighted by molar-refractivity contribution is 0.120. The Kier molecular flexibility index (Phi) is 4.49. The van der Waals surface area contributed by atoms with Gasteiger partial charge in [0.15, 0.2) is 0 Å². The lowest BCUT2D eigenvalue weighted by Gasteiger charge is -2.26. The summed E-state index contributed by atoms with van der Waals surface area (Å²) in [6, 6.07) is 0. The molecule has 1 aromatic heterocycles. The molecule has 1 atom stereocenters. The van der Waals surface area contributed by atoms with Crippen LogP contribution >= 0.6 is 11.6 Å². The van der Waals surface area contributed by atoms with Gasteiger partial charge in [0.1, 0.15) is 0 Å². The Morgan fingerprint density at radius 1 is 1.20 bits per heavy atom. The van der Waals surface area contributed by atoms with E-state index in [2.05, 4.69) is 20.3 Å². The molecule has 8 heteroatoms. The Balaban J connectivity index is 1.65. The highest BCUT2D eigenvalue weighted by atomic mass is 35.5. The third-order valence-electron chi connectivity index (χ3n) is 3.40. The van der Waals surface area contributed by atoms with Gasteiger partial charge in [0.05, 0.1) is 19.3 Å². The molecule has 0 amide bonds. The minimum absolute atomic E-state index is 0.205. The second-order valence-electron chi connectivity index (χ2n) is 4.84. The molecular formula is C12H18ClN5O2. The molecule has 0 bridgehead atoms. The predicted octanol–water partition coefficient (Wildman–Crippen LogP) is 0.952. The molecule has 0 radical (unpaired) electrons. The largest absolute Gasteiger partial charge is 0.378 e. The highest BCUT2D eigenvalue weighted by Gasteiger charge is 2.18. The number of anilines is 2. The fourth-order valence-corrected chi connectivity index (χ4v) is 2.49. The summed E-state index contributed by atoms with van der Waals surface area (Å²) in [5.41, 5.74) is 0. The summed E-state index contributed by atoms with van der Waals surface area (Å²) in [7, 11) is 0. The summed E-state index contributed by atoms with van der Waals surface area (Å²) in [5, 5.41) is 3.38. The highest BCUT2D eigenvalue weighted by Crippen LogP contribution is 2.16. The van der Waals surface area contributed by atoms with Gasteiger partial charge in [-0.15, -0.1) is 0 Å². The van der Waals surface area contributed by atoms with Crippen LogP contribution in [0, 0.1) is 0 Å². The number of hydrogen-bond acceptors (Lipinski definition) is 7. The van der Waals surface area contributed by atoms with Crippen LogP contribution in [0.3, 0.4) is 0 Å². The third kappa shape index (κ3) is 3.47. The number of aromatic nitrogens is 3. The van der Waals surface area contributed by atoms with Gasteiger partial charge in [-0.2, -0.15) is 15.0 Å². The molecule has 1 unspecified atom stereocenters. The van der Waals surface area contributed by atoms with Crippen molar-refractivity contribution in [2.75, 3.05) is 49.7 Å². The Labute approximate surface area is 122 Å². The summed E-state index contributed by atoms with van der Waals surface area (Å²) in [5.74, 6) is 1.10. The standard InChI is InChI=1S/C12H18ClN5O2/c13-10-15-11(14-8-9-2-1-5-20-9)17-12(16-10)18-3-6-19-7-4-18/h9H,1-8H2,(H,14,15,16,17). The monoisotopic (exact) mass is 299 g/mol. The van der Waals surface area contributed by atoms with Crippen LogP contribution in [-0.4, -0.2) is 60.5 Å². The number of morpholine rings is 1. The van der Waals surface area contributed by atoms with Crippen LogP contribution in [0.4, 0.5) is 11.9 Å². The molecule has 2 fully saturated rings. The summed E-state index contributed by atoms with van der Waals surface area (Å²) in [4.78, 5) is 14.8. The average molecular weight is 300 g/mol. The zero-order chi connectivity index (χ0) is 13.8. The van der Waals surface area contributed by atoms with Crippen LogP contribution in [0.2, 0.25) is 5.28 Å². The molecule has 3 rings (SSSR count). The molecule has 1 N–H and O–H groups in total. The zero-order valence-electron chi connectivity index (χ0n) is 11.2. The molecular weight excluding hydrogens is 282 g/mol. The van der Waals surface area contributed by atoms with E-state index in [0.717, 1.165) is 32.5 Å². The van der Waals surface area contributed by atoms with Gasteiger partial charge in [0, 0.05) is 26.2 Å². The summed E-state index contributed by atoms with van der Waals surface area (Å²) >= 11 is 5.97. The number of halogens is 1. The SMILES string of the molecule is Clc1nc(NCC2CCCO2)nc(N2CCOCC2)n1. The number of ether oxygens (including phenoxy) is 2. The van der Waals surface area contributed by atoms with E-state index >= 15 is 0 Å². The molecule has 1 aromatic rings. The maximum absolute atomic E-state index is 5.97. The van der Waals surface area contributed by atoms with Crippen LogP contribution in [-0.2, 0) is 9.47 Å². The van der Waals surface area contributed by atoms with Gasteiger partial charge in [-0.3, -0.25) is 0 Å². The van der Waals surface area contributed by atoms with Crippen molar-refractivity contribution in [3.63, 3.8) is 0 Å². The molecule has 110 valence electrons. The van der Waals surface area contributed by atoms with Crippen molar-refractivity contribution in [2.45, 2.75) is 18.9 Å². The number of hydrogen-bond donors (Lipinski definition) is 1. The summed E-state index contributed by atoms with van der Waals surface area (Å²) in [6.07, 6.45) is 2.42. The van der Waals surface area contributed by atoms with Crippen molar-refractivity contribution in [1.29, 1.82) is 0 Å². The third-order valence-corrected chi connectivity index (χ3v) is 3.57. The van der Waals surface area contributed by atoms with E-state index in [9.17, 15) is 0 Å². The van der Waals surface area contributed by atoms with Crippen molar-refractivity contribution in [3.05, 3.63) is 5.28 Å². The number of nitrogens with zero attached hydrogens (tertiary/aromatic N) is 4. The van der Waals surface area contributed by atoms with Crippen LogP contribution in [0.25, 0.3) is 0 Å². The first kappa shape index (κ1) is 13.8. The molecule has 0 spiro atoms. The smallest absolute Gasteiger partial charge is 0.231 e. The minimum atomic E-state index is 0.205. The van der Waals surface area contributed by atoms with Crippen molar-refractivity contribution in [3.8, 4) is 0 Å². The molecule has 3 heterocycles. The van der Waals surface area contributed by atoms with Gasteiger partial charge < -0.3 is 19.7 Å². The van der Waals surface area contributed by atoms with Gasteiger partial charge in [0.25, 0.3) is 0 Å². The van der Waals surface area contributed by atoms with E-state index in [1.54, 1.807) is 0 Å². The predicted molar refractivity (Wildman–Crippen MR) is 75.3 cm³/mol. The molecule has 2 aliphatic heterocycles.